The third-order valence-electron chi connectivity index (χ3n) is 4.54. The summed E-state index contributed by atoms with van der Waals surface area (Å²) >= 11 is 1.62. The van der Waals surface area contributed by atoms with Crippen molar-refractivity contribution in [2.45, 2.75) is 24.4 Å². The predicted molar refractivity (Wildman–Crippen MR) is 110 cm³/mol. The second-order valence-corrected chi connectivity index (χ2v) is 7.55. The lowest BCUT2D eigenvalue weighted by Gasteiger charge is -2.08. The molecular weight excluding hydrogens is 389 g/mol. The van der Waals surface area contributed by atoms with Gasteiger partial charge in [0.1, 0.15) is 23.9 Å². The number of benzene rings is 2. The number of hydrogen-bond acceptors (Lipinski definition) is 5. The van der Waals surface area contributed by atoms with Crippen molar-refractivity contribution < 1.29 is 13.5 Å². The molecule has 0 saturated carbocycles. The molecule has 5 nitrogen and oxygen atoms in total. The number of thioether (sulfide) groups is 1. The molecule has 0 spiro atoms. The molecule has 0 N–H and O–H groups in total. The molecule has 0 atom stereocenters. The SMILES string of the molecule is Cc1occc1-c1nnc(SCc2ccc(OCc3ccc(F)cc3)cc2)n1C. The first-order valence-electron chi connectivity index (χ1n) is 9.13. The summed E-state index contributed by atoms with van der Waals surface area (Å²) in [6.45, 7) is 2.32. The molecular formula is C22H20FN3O2S. The number of furan rings is 1. The Bertz CT molecular complexity index is 1090. The van der Waals surface area contributed by atoms with Gasteiger partial charge in [0, 0.05) is 12.8 Å². The molecule has 0 saturated heterocycles. The molecule has 29 heavy (non-hydrogen) atoms. The maximum atomic E-state index is 12.9. The number of aryl methyl sites for hydroxylation is 1. The second-order valence-electron chi connectivity index (χ2n) is 6.60. The molecule has 0 aliphatic carbocycles. The summed E-state index contributed by atoms with van der Waals surface area (Å²) in [5, 5.41) is 9.43. The predicted octanol–water partition coefficient (Wildman–Crippen LogP) is 5.39. The summed E-state index contributed by atoms with van der Waals surface area (Å²) in [5.74, 6) is 2.93. The van der Waals surface area contributed by atoms with Gasteiger partial charge in [-0.25, -0.2) is 4.39 Å². The van der Waals surface area contributed by atoms with Crippen molar-refractivity contribution in [1.82, 2.24) is 14.8 Å². The molecule has 0 aliphatic heterocycles. The van der Waals surface area contributed by atoms with Gasteiger partial charge in [-0.05, 0) is 48.4 Å². The van der Waals surface area contributed by atoms with Gasteiger partial charge in [-0.3, -0.25) is 0 Å². The van der Waals surface area contributed by atoms with Gasteiger partial charge >= 0.3 is 0 Å². The summed E-state index contributed by atoms with van der Waals surface area (Å²) in [7, 11) is 1.95. The van der Waals surface area contributed by atoms with Gasteiger partial charge < -0.3 is 13.7 Å². The lowest BCUT2D eigenvalue weighted by molar-refractivity contribution is 0.306. The van der Waals surface area contributed by atoms with E-state index >= 15 is 0 Å². The minimum atomic E-state index is -0.245. The lowest BCUT2D eigenvalue weighted by atomic mass is 10.2. The first-order valence-corrected chi connectivity index (χ1v) is 10.1. The topological polar surface area (TPSA) is 53.1 Å². The van der Waals surface area contributed by atoms with E-state index in [1.165, 1.54) is 12.1 Å². The van der Waals surface area contributed by atoms with Crippen LogP contribution in [0.25, 0.3) is 11.4 Å². The van der Waals surface area contributed by atoms with Crippen molar-refractivity contribution in [3.63, 3.8) is 0 Å². The van der Waals surface area contributed by atoms with Crippen molar-refractivity contribution in [3.05, 3.63) is 83.6 Å². The monoisotopic (exact) mass is 409 g/mol. The fraction of sp³-hybridized carbons (Fsp3) is 0.182. The number of hydrogen-bond donors (Lipinski definition) is 0. The Morgan fingerprint density at radius 2 is 1.72 bits per heavy atom. The summed E-state index contributed by atoms with van der Waals surface area (Å²) in [6.07, 6.45) is 1.66. The highest BCUT2D eigenvalue weighted by Gasteiger charge is 2.14. The van der Waals surface area contributed by atoms with Crippen LogP contribution in [-0.4, -0.2) is 14.8 Å². The van der Waals surface area contributed by atoms with Gasteiger partial charge in [0.25, 0.3) is 0 Å². The molecule has 0 aliphatic rings. The van der Waals surface area contributed by atoms with Crippen molar-refractivity contribution in [3.8, 4) is 17.1 Å². The van der Waals surface area contributed by atoms with E-state index < -0.39 is 0 Å². The van der Waals surface area contributed by atoms with E-state index in [-0.39, 0.29) is 5.82 Å². The van der Waals surface area contributed by atoms with Gasteiger partial charge in [0.05, 0.1) is 11.8 Å². The zero-order chi connectivity index (χ0) is 20.2. The van der Waals surface area contributed by atoms with Gasteiger partial charge in [0.2, 0.25) is 0 Å². The van der Waals surface area contributed by atoms with Crippen LogP contribution in [-0.2, 0) is 19.4 Å². The molecule has 0 radical (unpaired) electrons. The normalized spacial score (nSPS) is 11.0. The fourth-order valence-electron chi connectivity index (χ4n) is 2.87. The van der Waals surface area contributed by atoms with Crippen LogP contribution in [0.3, 0.4) is 0 Å². The molecule has 0 unspecified atom stereocenters. The van der Waals surface area contributed by atoms with Gasteiger partial charge in [-0.2, -0.15) is 0 Å². The summed E-state index contributed by atoms with van der Waals surface area (Å²) < 4.78 is 26.0. The molecule has 0 amide bonds. The van der Waals surface area contributed by atoms with Crippen LogP contribution in [0.5, 0.6) is 5.75 Å². The van der Waals surface area contributed by atoms with E-state index in [1.54, 1.807) is 30.2 Å². The highest BCUT2D eigenvalue weighted by atomic mass is 32.2. The molecule has 148 valence electrons. The van der Waals surface area contributed by atoms with Crippen LogP contribution in [0.4, 0.5) is 4.39 Å². The first-order chi connectivity index (χ1) is 14.1. The third-order valence-corrected chi connectivity index (χ3v) is 5.64. The average Bonchev–Trinajstić information content (AvgIpc) is 3.31. The van der Waals surface area contributed by atoms with Crippen LogP contribution in [0.1, 0.15) is 16.9 Å². The van der Waals surface area contributed by atoms with Crippen LogP contribution >= 0.6 is 11.8 Å². The van der Waals surface area contributed by atoms with E-state index in [1.807, 2.05) is 48.9 Å². The number of nitrogens with zero attached hydrogens (tertiary/aromatic N) is 3. The Morgan fingerprint density at radius 3 is 2.41 bits per heavy atom. The number of halogens is 1. The van der Waals surface area contributed by atoms with E-state index in [4.69, 9.17) is 9.15 Å². The Hall–Kier alpha value is -3.06. The highest BCUT2D eigenvalue weighted by molar-refractivity contribution is 7.98. The molecule has 7 heteroatoms. The van der Waals surface area contributed by atoms with Crippen LogP contribution in [0.15, 0.2) is 70.4 Å². The Morgan fingerprint density at radius 1 is 1.00 bits per heavy atom. The Balaban J connectivity index is 1.34. The minimum absolute atomic E-state index is 0.245. The molecule has 0 fully saturated rings. The molecule has 2 aromatic heterocycles. The van der Waals surface area contributed by atoms with Gasteiger partial charge in [0.15, 0.2) is 11.0 Å². The van der Waals surface area contributed by atoms with Crippen molar-refractivity contribution in [2.24, 2.45) is 7.05 Å². The molecule has 2 aromatic carbocycles. The van der Waals surface area contributed by atoms with Crippen molar-refractivity contribution >= 4 is 11.8 Å². The Kier molecular flexibility index (Phi) is 5.67. The van der Waals surface area contributed by atoms with E-state index in [9.17, 15) is 4.39 Å². The summed E-state index contributed by atoms with van der Waals surface area (Å²) in [4.78, 5) is 0. The molecule has 0 bridgehead atoms. The van der Waals surface area contributed by atoms with E-state index in [2.05, 4.69) is 10.2 Å². The molecule has 4 aromatic rings. The highest BCUT2D eigenvalue weighted by Crippen LogP contribution is 2.28. The second kappa shape index (κ2) is 8.53. The summed E-state index contributed by atoms with van der Waals surface area (Å²) in [6, 6.07) is 16.2. The number of ether oxygens (including phenoxy) is 1. The van der Waals surface area contributed by atoms with Crippen LogP contribution in [0.2, 0.25) is 0 Å². The average molecular weight is 409 g/mol. The zero-order valence-electron chi connectivity index (χ0n) is 16.1. The fourth-order valence-corrected chi connectivity index (χ4v) is 3.74. The maximum Gasteiger partial charge on any atom is 0.191 e. The molecule has 2 heterocycles. The van der Waals surface area contributed by atoms with Crippen LogP contribution < -0.4 is 4.74 Å². The van der Waals surface area contributed by atoms with Gasteiger partial charge in [-0.15, -0.1) is 10.2 Å². The van der Waals surface area contributed by atoms with Gasteiger partial charge in [-0.1, -0.05) is 36.0 Å². The van der Waals surface area contributed by atoms with E-state index in [0.29, 0.717) is 6.61 Å². The Labute approximate surface area is 172 Å². The maximum absolute atomic E-state index is 12.9. The van der Waals surface area contributed by atoms with Crippen molar-refractivity contribution in [2.75, 3.05) is 0 Å². The lowest BCUT2D eigenvalue weighted by Crippen LogP contribution is -1.96. The van der Waals surface area contributed by atoms with E-state index in [0.717, 1.165) is 44.9 Å². The largest absolute Gasteiger partial charge is 0.489 e. The number of rotatable bonds is 7. The van der Waals surface area contributed by atoms with Crippen molar-refractivity contribution in [1.29, 1.82) is 0 Å². The first kappa shape index (κ1) is 19.3. The third kappa shape index (κ3) is 4.51. The minimum Gasteiger partial charge on any atom is -0.489 e. The quantitative estimate of drug-likeness (QED) is 0.383. The van der Waals surface area contributed by atoms with Crippen LogP contribution in [0, 0.1) is 12.7 Å². The standard InChI is InChI=1S/C22H20FN3O2S/c1-15-20(11-12-27-15)21-24-25-22(26(21)2)29-14-17-5-9-19(10-6-17)28-13-16-3-7-18(23)8-4-16/h3-12H,13-14H2,1-2H3. The summed E-state index contributed by atoms with van der Waals surface area (Å²) in [5.41, 5.74) is 3.04. The molecule has 4 rings (SSSR count). The number of aromatic nitrogens is 3. The smallest absolute Gasteiger partial charge is 0.191 e. The zero-order valence-corrected chi connectivity index (χ0v) is 16.9.